The number of carbonyl (C=O) groups is 1. The van der Waals surface area contributed by atoms with Crippen molar-refractivity contribution in [2.24, 2.45) is 0 Å². The van der Waals surface area contributed by atoms with Crippen molar-refractivity contribution in [2.45, 2.75) is 25.2 Å². The number of Topliss-reactive ketones (excluding diaryl/α,β-unsaturated/α-hetero) is 1. The Morgan fingerprint density at radius 2 is 1.91 bits per heavy atom. The number of aromatic nitrogens is 1. The van der Waals surface area contributed by atoms with Gasteiger partial charge in [0.05, 0.1) is 18.2 Å². The minimum atomic E-state index is -1.02. The molecule has 2 aromatic rings. The van der Waals surface area contributed by atoms with Crippen molar-refractivity contribution in [1.82, 2.24) is 4.98 Å². The van der Waals surface area contributed by atoms with Crippen molar-refractivity contribution in [3.8, 4) is 5.75 Å². The van der Waals surface area contributed by atoms with Gasteiger partial charge in [-0.1, -0.05) is 11.6 Å². The van der Waals surface area contributed by atoms with Gasteiger partial charge >= 0.3 is 0 Å². The van der Waals surface area contributed by atoms with Crippen molar-refractivity contribution in [1.29, 1.82) is 0 Å². The second kappa shape index (κ2) is 5.57. The minimum absolute atomic E-state index is 0.216. The van der Waals surface area contributed by atoms with E-state index in [9.17, 15) is 13.6 Å². The van der Waals surface area contributed by atoms with E-state index in [0.29, 0.717) is 34.8 Å². The van der Waals surface area contributed by atoms with Crippen LogP contribution in [0.3, 0.4) is 0 Å². The number of ketones is 1. The Kier molecular flexibility index (Phi) is 3.84. The Morgan fingerprint density at radius 3 is 2.52 bits per heavy atom. The van der Waals surface area contributed by atoms with Crippen molar-refractivity contribution < 1.29 is 18.3 Å². The molecule has 0 amide bonds. The Hall–Kier alpha value is -2.01. The second-order valence-corrected chi connectivity index (χ2v) is 6.15. The number of benzene rings is 1. The lowest BCUT2D eigenvalue weighted by atomic mass is 9.69. The zero-order chi connectivity index (χ0) is 16.8. The van der Waals surface area contributed by atoms with Gasteiger partial charge in [0.25, 0.3) is 0 Å². The second-order valence-electron chi connectivity index (χ2n) is 5.76. The van der Waals surface area contributed by atoms with Crippen LogP contribution in [0.15, 0.2) is 24.3 Å². The molecule has 23 heavy (non-hydrogen) atoms. The third-order valence-corrected chi connectivity index (χ3v) is 4.60. The first-order valence-corrected chi connectivity index (χ1v) is 7.48. The monoisotopic (exact) mass is 337 g/mol. The van der Waals surface area contributed by atoms with E-state index < -0.39 is 22.8 Å². The lowest BCUT2D eigenvalue weighted by Crippen LogP contribution is -2.38. The van der Waals surface area contributed by atoms with E-state index in [2.05, 4.69) is 9.72 Å². The molecule has 120 valence electrons. The highest BCUT2D eigenvalue weighted by Gasteiger charge is 2.41. The first-order valence-electron chi connectivity index (χ1n) is 7.10. The number of rotatable bonds is 2. The first-order chi connectivity index (χ1) is 10.9. The SMILES string of the molecule is COc1c(F)cc(C2(C)CCc3nc(Cl)ccc3C2=O)cc1F. The van der Waals surface area contributed by atoms with Gasteiger partial charge < -0.3 is 4.74 Å². The molecule has 0 saturated heterocycles. The predicted molar refractivity (Wildman–Crippen MR) is 82.2 cm³/mol. The van der Waals surface area contributed by atoms with Crippen LogP contribution in [0.2, 0.25) is 5.15 Å². The van der Waals surface area contributed by atoms with Crippen LogP contribution in [0.5, 0.6) is 5.75 Å². The Balaban J connectivity index is 2.10. The summed E-state index contributed by atoms with van der Waals surface area (Å²) in [4.78, 5) is 17.0. The molecule has 0 N–H and O–H groups in total. The molecule has 6 heteroatoms. The molecule has 0 aliphatic heterocycles. The van der Waals surface area contributed by atoms with Gasteiger partial charge in [0.2, 0.25) is 0 Å². The number of halogens is 3. The zero-order valence-electron chi connectivity index (χ0n) is 12.6. The summed E-state index contributed by atoms with van der Waals surface area (Å²) in [6, 6.07) is 5.47. The van der Waals surface area contributed by atoms with Gasteiger partial charge in [-0.3, -0.25) is 4.79 Å². The van der Waals surface area contributed by atoms with Gasteiger partial charge in [-0.25, -0.2) is 13.8 Å². The summed E-state index contributed by atoms with van der Waals surface area (Å²) in [6.45, 7) is 1.69. The molecule has 0 spiro atoms. The fourth-order valence-electron chi connectivity index (χ4n) is 3.00. The average molecular weight is 338 g/mol. The predicted octanol–water partition coefficient (Wildman–Crippen LogP) is 4.11. The maximum absolute atomic E-state index is 14.0. The van der Waals surface area contributed by atoms with Crippen LogP contribution in [0.4, 0.5) is 8.78 Å². The highest BCUT2D eigenvalue weighted by atomic mass is 35.5. The number of methoxy groups -OCH3 is 1. The third kappa shape index (κ3) is 2.49. The first kappa shape index (κ1) is 15.9. The molecule has 0 saturated carbocycles. The van der Waals surface area contributed by atoms with Gasteiger partial charge in [-0.2, -0.15) is 0 Å². The normalized spacial score (nSPS) is 20.3. The van der Waals surface area contributed by atoms with Crippen LogP contribution < -0.4 is 4.74 Å². The molecule has 1 atom stereocenters. The van der Waals surface area contributed by atoms with E-state index in [1.807, 2.05) is 0 Å². The summed E-state index contributed by atoms with van der Waals surface area (Å²) in [6.07, 6.45) is 0.908. The topological polar surface area (TPSA) is 39.2 Å². The van der Waals surface area contributed by atoms with Crippen molar-refractivity contribution in [3.63, 3.8) is 0 Å². The number of hydrogen-bond donors (Lipinski definition) is 0. The van der Waals surface area contributed by atoms with Gasteiger partial charge in [0.1, 0.15) is 5.15 Å². The minimum Gasteiger partial charge on any atom is -0.491 e. The maximum Gasteiger partial charge on any atom is 0.190 e. The highest BCUT2D eigenvalue weighted by Crippen LogP contribution is 2.40. The number of fused-ring (bicyclic) bond motifs is 1. The fourth-order valence-corrected chi connectivity index (χ4v) is 3.17. The molecule has 0 fully saturated rings. The Labute approximate surface area is 137 Å². The highest BCUT2D eigenvalue weighted by molar-refractivity contribution is 6.29. The van der Waals surface area contributed by atoms with E-state index >= 15 is 0 Å². The van der Waals surface area contributed by atoms with E-state index in [0.717, 1.165) is 12.1 Å². The molecule has 1 aromatic carbocycles. The van der Waals surface area contributed by atoms with Crippen LogP contribution in [-0.4, -0.2) is 17.9 Å². The number of carbonyl (C=O) groups excluding carboxylic acids is 1. The summed E-state index contributed by atoms with van der Waals surface area (Å²) in [5.41, 5.74) is 0.337. The molecule has 1 heterocycles. The van der Waals surface area contributed by atoms with Gasteiger partial charge in [-0.05, 0) is 49.6 Å². The quantitative estimate of drug-likeness (QED) is 0.774. The molecule has 1 unspecified atom stereocenters. The van der Waals surface area contributed by atoms with E-state index in [-0.39, 0.29) is 5.78 Å². The fraction of sp³-hybridized carbons (Fsp3) is 0.294. The molecular formula is C17H14ClF2NO2. The molecular weight excluding hydrogens is 324 g/mol. The lowest BCUT2D eigenvalue weighted by molar-refractivity contribution is 0.0873. The van der Waals surface area contributed by atoms with Crippen molar-refractivity contribution in [2.75, 3.05) is 7.11 Å². The molecule has 0 bridgehead atoms. The third-order valence-electron chi connectivity index (χ3n) is 4.39. The van der Waals surface area contributed by atoms with Gasteiger partial charge in [-0.15, -0.1) is 0 Å². The van der Waals surface area contributed by atoms with E-state index in [1.165, 1.54) is 7.11 Å². The van der Waals surface area contributed by atoms with Crippen molar-refractivity contribution >= 4 is 17.4 Å². The van der Waals surface area contributed by atoms with Crippen LogP contribution >= 0.6 is 11.6 Å². The van der Waals surface area contributed by atoms with E-state index in [1.54, 1.807) is 19.1 Å². The Morgan fingerprint density at radius 1 is 1.26 bits per heavy atom. The average Bonchev–Trinajstić information content (AvgIpc) is 2.51. The molecule has 1 aliphatic carbocycles. The van der Waals surface area contributed by atoms with Crippen LogP contribution in [0.25, 0.3) is 0 Å². The summed E-state index contributed by atoms with van der Waals surface area (Å²) in [5, 5.41) is 0.321. The zero-order valence-corrected chi connectivity index (χ0v) is 13.4. The van der Waals surface area contributed by atoms with Crippen molar-refractivity contribution in [3.05, 3.63) is 57.9 Å². The number of ether oxygens (including phenoxy) is 1. The van der Waals surface area contributed by atoms with Gasteiger partial charge in [0.15, 0.2) is 23.2 Å². The molecule has 3 rings (SSSR count). The summed E-state index contributed by atoms with van der Waals surface area (Å²) >= 11 is 5.85. The van der Waals surface area contributed by atoms with Gasteiger partial charge in [0, 0.05) is 5.56 Å². The smallest absolute Gasteiger partial charge is 0.190 e. The molecule has 0 radical (unpaired) electrons. The number of pyridine rings is 1. The lowest BCUT2D eigenvalue weighted by Gasteiger charge is -2.33. The maximum atomic E-state index is 14.0. The number of nitrogens with zero attached hydrogens (tertiary/aromatic N) is 1. The Bertz CT molecular complexity index is 786. The number of hydrogen-bond acceptors (Lipinski definition) is 3. The summed E-state index contributed by atoms with van der Waals surface area (Å²) in [7, 11) is 1.19. The standard InChI is InChI=1S/C17H14ClF2NO2/c1-17(9-7-11(19)15(23-2)12(20)8-9)6-5-13-10(16(17)22)3-4-14(18)21-13/h3-4,7-8H,5-6H2,1-2H3. The van der Waals surface area contributed by atoms with E-state index in [4.69, 9.17) is 11.6 Å². The molecule has 1 aliphatic rings. The van der Waals surface area contributed by atoms with Crippen LogP contribution in [0.1, 0.15) is 35.0 Å². The number of aryl methyl sites for hydroxylation is 1. The molecule has 3 nitrogen and oxygen atoms in total. The summed E-state index contributed by atoms with van der Waals surface area (Å²) in [5.74, 6) is -2.31. The summed E-state index contributed by atoms with van der Waals surface area (Å²) < 4.78 is 32.7. The molecule has 1 aromatic heterocycles. The van der Waals surface area contributed by atoms with Crippen LogP contribution in [0, 0.1) is 11.6 Å². The van der Waals surface area contributed by atoms with Crippen LogP contribution in [-0.2, 0) is 11.8 Å². The largest absolute Gasteiger partial charge is 0.491 e.